The van der Waals surface area contributed by atoms with Crippen molar-refractivity contribution in [2.24, 2.45) is 0 Å². The fourth-order valence-electron chi connectivity index (χ4n) is 8.15. The summed E-state index contributed by atoms with van der Waals surface area (Å²) < 4.78 is 0. The zero-order valence-electron chi connectivity index (χ0n) is 28.9. The summed E-state index contributed by atoms with van der Waals surface area (Å²) >= 11 is 0. The Morgan fingerprint density at radius 2 is 1.78 bits per heavy atom. The van der Waals surface area contributed by atoms with E-state index in [9.17, 15) is 4.79 Å². The van der Waals surface area contributed by atoms with Crippen LogP contribution in [0.5, 0.6) is 0 Å². The van der Waals surface area contributed by atoms with Gasteiger partial charge in [-0.1, -0.05) is 57.2 Å². The molecule has 4 aliphatic rings. The molecule has 1 spiro atoms. The fraction of sp³-hybridized carbons (Fsp3) is 0.525. The molecule has 2 fully saturated rings. The zero-order valence-corrected chi connectivity index (χ0v) is 28.9. The molecule has 0 N–H and O–H groups in total. The number of hydrogen-bond donors (Lipinski definition) is 0. The molecular formula is C40H54N4O. The number of allylic oxidation sites excluding steroid dienone is 3. The highest BCUT2D eigenvalue weighted by Gasteiger charge is 2.51. The minimum absolute atomic E-state index is 0.165. The molecular weight excluding hydrogens is 552 g/mol. The molecule has 1 atom stereocenters. The van der Waals surface area contributed by atoms with Crippen LogP contribution in [0.2, 0.25) is 0 Å². The van der Waals surface area contributed by atoms with E-state index in [2.05, 4.69) is 104 Å². The molecule has 0 aromatic heterocycles. The largest absolute Gasteiger partial charge is 0.351 e. The summed E-state index contributed by atoms with van der Waals surface area (Å²) in [6, 6.07) is 12.2. The minimum atomic E-state index is 0.165. The number of benzene rings is 2. The molecule has 2 aromatic carbocycles. The quantitative estimate of drug-likeness (QED) is 0.307. The normalized spacial score (nSPS) is 21.8. The Labute approximate surface area is 272 Å². The Balaban J connectivity index is 1.17. The summed E-state index contributed by atoms with van der Waals surface area (Å²) in [5.41, 5.74) is 15.3. The topological polar surface area (TPSA) is 30.0 Å². The lowest BCUT2D eigenvalue weighted by molar-refractivity contribution is -0.133. The second-order valence-corrected chi connectivity index (χ2v) is 14.3. The maximum absolute atomic E-state index is 12.6. The van der Waals surface area contributed by atoms with Gasteiger partial charge in [-0.25, -0.2) is 0 Å². The predicted molar refractivity (Wildman–Crippen MR) is 187 cm³/mol. The van der Waals surface area contributed by atoms with Gasteiger partial charge in [0.15, 0.2) is 0 Å². The van der Waals surface area contributed by atoms with Crippen LogP contribution in [0.15, 0.2) is 60.0 Å². The molecule has 3 aliphatic heterocycles. The van der Waals surface area contributed by atoms with Gasteiger partial charge in [-0.3, -0.25) is 14.6 Å². The molecule has 1 aliphatic carbocycles. The Kier molecular flexibility index (Phi) is 8.88. The number of likely N-dealkylation sites (N-methyl/N-ethyl adjacent to an activating group) is 1. The fourth-order valence-corrected chi connectivity index (χ4v) is 8.15. The van der Waals surface area contributed by atoms with Gasteiger partial charge in [0.25, 0.3) is 0 Å². The van der Waals surface area contributed by atoms with Crippen LogP contribution in [-0.4, -0.2) is 64.3 Å². The average molecular weight is 607 g/mol. The minimum Gasteiger partial charge on any atom is -0.351 e. The molecule has 1 amide bonds. The third-order valence-corrected chi connectivity index (χ3v) is 11.4. The molecule has 5 nitrogen and oxygen atoms in total. The van der Waals surface area contributed by atoms with Gasteiger partial charge in [0.2, 0.25) is 5.91 Å². The highest BCUT2D eigenvalue weighted by atomic mass is 16.2. The smallest absolute Gasteiger partial charge is 0.222 e. The van der Waals surface area contributed by atoms with E-state index in [1.165, 1.54) is 68.5 Å². The Morgan fingerprint density at radius 3 is 2.49 bits per heavy atom. The van der Waals surface area contributed by atoms with Crippen molar-refractivity contribution in [3.05, 3.63) is 98.9 Å². The number of hydrogen-bond acceptors (Lipinski definition) is 4. The van der Waals surface area contributed by atoms with Gasteiger partial charge in [-0.05, 0) is 103 Å². The Bertz CT molecular complexity index is 1560. The summed E-state index contributed by atoms with van der Waals surface area (Å²) in [5.74, 6) is 0.269. The van der Waals surface area contributed by atoms with Gasteiger partial charge >= 0.3 is 0 Å². The lowest BCUT2D eigenvalue weighted by Gasteiger charge is -2.43. The molecule has 0 bridgehead atoms. The summed E-state index contributed by atoms with van der Waals surface area (Å²) in [6.45, 7) is 23.8. The van der Waals surface area contributed by atoms with E-state index in [4.69, 9.17) is 0 Å². The first-order valence-corrected chi connectivity index (χ1v) is 17.4. The van der Waals surface area contributed by atoms with Gasteiger partial charge in [0.05, 0.1) is 6.04 Å². The van der Waals surface area contributed by atoms with Gasteiger partial charge in [0, 0.05) is 75.7 Å². The van der Waals surface area contributed by atoms with Crippen molar-refractivity contribution in [2.45, 2.75) is 105 Å². The number of rotatable bonds is 8. The van der Waals surface area contributed by atoms with Crippen molar-refractivity contribution in [1.82, 2.24) is 19.6 Å². The SMILES string of the molecule is C=C1C(C)=C(C)C(c2cc(C)c(CN3CCN(Cc4ccc5c(c4)C(C)N(C(=O)CC)CC5)C4(CC4)C3)c(CCC)c2)=CN1C. The van der Waals surface area contributed by atoms with Gasteiger partial charge in [0.1, 0.15) is 0 Å². The van der Waals surface area contributed by atoms with Gasteiger partial charge in [-0.2, -0.15) is 0 Å². The molecule has 6 rings (SSSR count). The van der Waals surface area contributed by atoms with Crippen LogP contribution >= 0.6 is 0 Å². The third-order valence-electron chi connectivity index (χ3n) is 11.4. The van der Waals surface area contributed by atoms with Crippen molar-refractivity contribution in [2.75, 3.05) is 33.2 Å². The first-order chi connectivity index (χ1) is 21.5. The number of nitrogens with zero attached hydrogens (tertiary/aromatic N) is 4. The lowest BCUT2D eigenvalue weighted by atomic mass is 9.87. The molecule has 1 saturated heterocycles. The molecule has 240 valence electrons. The Hall–Kier alpha value is -3.15. The zero-order chi connectivity index (χ0) is 32.0. The Morgan fingerprint density at radius 1 is 1.00 bits per heavy atom. The van der Waals surface area contributed by atoms with E-state index in [0.29, 0.717) is 12.0 Å². The third kappa shape index (κ3) is 6.06. The molecule has 5 heteroatoms. The number of carbonyl (C=O) groups excluding carboxylic acids is 1. The second-order valence-electron chi connectivity index (χ2n) is 14.3. The molecule has 45 heavy (non-hydrogen) atoms. The van der Waals surface area contributed by atoms with E-state index >= 15 is 0 Å². The molecule has 1 saturated carbocycles. The number of fused-ring (bicyclic) bond motifs is 1. The molecule has 1 unspecified atom stereocenters. The number of piperazine rings is 1. The van der Waals surface area contributed by atoms with Crippen molar-refractivity contribution in [3.63, 3.8) is 0 Å². The van der Waals surface area contributed by atoms with Crippen molar-refractivity contribution in [1.29, 1.82) is 0 Å². The van der Waals surface area contributed by atoms with Crippen LogP contribution in [0.25, 0.3) is 5.57 Å². The average Bonchev–Trinajstić information content (AvgIpc) is 3.80. The summed E-state index contributed by atoms with van der Waals surface area (Å²) in [4.78, 5) is 22.3. The highest BCUT2D eigenvalue weighted by Crippen LogP contribution is 2.46. The van der Waals surface area contributed by atoms with Crippen molar-refractivity contribution in [3.8, 4) is 0 Å². The molecule has 2 aromatic rings. The van der Waals surface area contributed by atoms with E-state index in [1.54, 1.807) is 0 Å². The maximum atomic E-state index is 12.6. The van der Waals surface area contributed by atoms with Crippen molar-refractivity contribution >= 4 is 11.5 Å². The monoisotopic (exact) mass is 606 g/mol. The standard InChI is InChI=1S/C40H54N4O/c1-9-11-34-22-35(38-24-41(8)30(6)28(4)29(38)5)20-27(3)37(34)25-42-18-19-43(40(26-42)15-16-40)23-32-12-13-33-14-17-44(39(45)10-2)31(7)36(33)21-32/h12-13,20-22,24,31H,6,9-11,14-19,23,25-26H2,1-5,7-8H3. The molecule has 3 heterocycles. The van der Waals surface area contributed by atoms with E-state index in [-0.39, 0.29) is 11.9 Å². The highest BCUT2D eigenvalue weighted by molar-refractivity contribution is 5.82. The number of carbonyl (C=O) groups is 1. The number of aryl methyl sites for hydroxylation is 2. The first kappa shape index (κ1) is 31.8. The predicted octanol–water partition coefficient (Wildman–Crippen LogP) is 7.79. The summed E-state index contributed by atoms with van der Waals surface area (Å²) in [6.07, 6.45) is 8.66. The summed E-state index contributed by atoms with van der Waals surface area (Å²) in [7, 11) is 2.11. The van der Waals surface area contributed by atoms with Gasteiger partial charge < -0.3 is 9.80 Å². The van der Waals surface area contributed by atoms with E-state index in [1.807, 2.05) is 6.92 Å². The van der Waals surface area contributed by atoms with Crippen LogP contribution in [0.4, 0.5) is 0 Å². The number of amides is 1. The van der Waals surface area contributed by atoms with E-state index < -0.39 is 0 Å². The molecule has 0 radical (unpaired) electrons. The van der Waals surface area contributed by atoms with E-state index in [0.717, 1.165) is 64.2 Å². The van der Waals surface area contributed by atoms with Crippen LogP contribution in [0.3, 0.4) is 0 Å². The van der Waals surface area contributed by atoms with Crippen LogP contribution < -0.4 is 0 Å². The van der Waals surface area contributed by atoms with Crippen LogP contribution in [0, 0.1) is 6.92 Å². The second kappa shape index (κ2) is 12.6. The van der Waals surface area contributed by atoms with Crippen LogP contribution in [0.1, 0.15) is 105 Å². The van der Waals surface area contributed by atoms with Crippen LogP contribution in [-0.2, 0) is 30.7 Å². The van der Waals surface area contributed by atoms with Gasteiger partial charge in [-0.15, -0.1) is 0 Å². The first-order valence-electron chi connectivity index (χ1n) is 17.4. The lowest BCUT2D eigenvalue weighted by Crippen LogP contribution is -2.54. The summed E-state index contributed by atoms with van der Waals surface area (Å²) in [5, 5.41) is 0. The maximum Gasteiger partial charge on any atom is 0.222 e. The van der Waals surface area contributed by atoms with Crippen molar-refractivity contribution < 1.29 is 4.79 Å².